The molecule has 61 valence electrons. The van der Waals surface area contributed by atoms with Crippen LogP contribution in [-0.4, -0.2) is 35.0 Å². The lowest BCUT2D eigenvalue weighted by Gasteiger charge is -2.26. The fourth-order valence-corrected chi connectivity index (χ4v) is 1.66. The molecule has 0 N–H and O–H groups in total. The average Bonchev–Trinajstić information content (AvgIpc) is 1.90. The third-order valence-electron chi connectivity index (χ3n) is 0.908. The lowest BCUT2D eigenvalue weighted by molar-refractivity contribution is 0.107. The van der Waals surface area contributed by atoms with Crippen molar-refractivity contribution in [3.05, 3.63) is 0 Å². The van der Waals surface area contributed by atoms with Crippen LogP contribution in [-0.2, 0) is 11.4 Å². The second-order valence-corrected chi connectivity index (χ2v) is 3.23. The van der Waals surface area contributed by atoms with Gasteiger partial charge in [0.2, 0.25) is 0 Å². The van der Waals surface area contributed by atoms with Crippen LogP contribution < -0.4 is 0 Å². The van der Waals surface area contributed by atoms with Gasteiger partial charge in [-0.25, -0.2) is 0 Å². The predicted octanol–water partition coefficient (Wildman–Crippen LogP) is 1.08. The second-order valence-electron chi connectivity index (χ2n) is 1.65. The van der Waals surface area contributed by atoms with Crippen molar-refractivity contribution >= 4 is 15.1 Å². The van der Waals surface area contributed by atoms with Gasteiger partial charge in [-0.2, -0.15) is 0 Å². The van der Waals surface area contributed by atoms with Gasteiger partial charge in [0.15, 0.2) is 0 Å². The van der Waals surface area contributed by atoms with Gasteiger partial charge in [-0.15, -0.1) is 0 Å². The van der Waals surface area contributed by atoms with E-state index < -0.39 is 15.1 Å². The molecule has 0 rings (SSSR count). The molecule has 0 aliphatic heterocycles. The van der Waals surface area contributed by atoms with Crippen molar-refractivity contribution < 1.29 is 11.4 Å². The van der Waals surface area contributed by atoms with Crippen molar-refractivity contribution in [3.63, 3.8) is 0 Å². The van der Waals surface area contributed by atoms with Crippen molar-refractivity contribution in [3.8, 4) is 0 Å². The summed E-state index contributed by atoms with van der Waals surface area (Å²) in [6.45, 7) is 7.86. The van der Waals surface area contributed by atoms with E-state index in [9.17, 15) is 0 Å². The Balaban J connectivity index is 3.30. The molecule has 0 aromatic rings. The molecule has 0 aromatic carbocycles. The van der Waals surface area contributed by atoms with Crippen LogP contribution in [0.1, 0.15) is 20.8 Å². The van der Waals surface area contributed by atoms with E-state index in [4.69, 9.17) is 11.4 Å². The van der Waals surface area contributed by atoms with Crippen LogP contribution in [0, 0.1) is 0 Å². The molecule has 1 radical (unpaired) electrons. The smallest absolute Gasteiger partial charge is 0.559 e. The lowest BCUT2D eigenvalue weighted by Crippen LogP contribution is -2.27. The number of hydrogen-bond acceptors (Lipinski definition) is 3. The van der Waals surface area contributed by atoms with E-state index in [1.54, 1.807) is 0 Å². The lowest BCUT2D eigenvalue weighted by atomic mass is 10.9. The van der Waals surface area contributed by atoms with Crippen molar-refractivity contribution in [1.29, 1.82) is 0 Å². The predicted molar refractivity (Wildman–Crippen MR) is 40.6 cm³/mol. The summed E-state index contributed by atoms with van der Waals surface area (Å²) in [5, 5.41) is 0. The van der Waals surface area contributed by atoms with Gasteiger partial charge in [0.05, 0.1) is 0 Å². The van der Waals surface area contributed by atoms with Crippen molar-refractivity contribution in [2.75, 3.05) is 19.8 Å². The third kappa shape index (κ3) is 5.22. The molecule has 0 unspecified atom stereocenters. The Kier molecular flexibility index (Phi) is 7.83. The molecular formula is C6H15AlO3-. The highest BCUT2D eigenvalue weighted by Crippen LogP contribution is 1.90. The minimum Gasteiger partial charge on any atom is -0.634 e. The minimum atomic E-state index is -1.73. The summed E-state index contributed by atoms with van der Waals surface area (Å²) in [5.41, 5.74) is 0. The van der Waals surface area contributed by atoms with Gasteiger partial charge in [0, 0.05) is 0 Å². The molecular weight excluding hydrogens is 147 g/mol. The van der Waals surface area contributed by atoms with E-state index >= 15 is 0 Å². The molecule has 0 aliphatic carbocycles. The van der Waals surface area contributed by atoms with E-state index in [1.807, 2.05) is 20.8 Å². The van der Waals surface area contributed by atoms with Gasteiger partial charge in [-0.1, -0.05) is 0 Å². The highest BCUT2D eigenvalue weighted by molar-refractivity contribution is 6.36. The fourth-order valence-electron chi connectivity index (χ4n) is 0.553. The minimum absolute atomic E-state index is 0.677. The van der Waals surface area contributed by atoms with Gasteiger partial charge in [-0.3, -0.25) is 0 Å². The first kappa shape index (κ1) is 10.4. The Labute approximate surface area is 67.7 Å². The van der Waals surface area contributed by atoms with Gasteiger partial charge < -0.3 is 11.4 Å². The van der Waals surface area contributed by atoms with Crippen LogP contribution in [0.3, 0.4) is 0 Å². The molecule has 3 nitrogen and oxygen atoms in total. The maximum atomic E-state index is 5.22. The molecule has 0 saturated carbocycles. The van der Waals surface area contributed by atoms with E-state index in [1.165, 1.54) is 0 Å². The monoisotopic (exact) mass is 162 g/mol. The van der Waals surface area contributed by atoms with Gasteiger partial charge in [-0.05, 0) is 40.6 Å². The Morgan fingerprint density at radius 1 is 0.800 bits per heavy atom. The van der Waals surface area contributed by atoms with Gasteiger partial charge in [0.25, 0.3) is 0 Å². The first-order chi connectivity index (χ1) is 4.85. The average molecular weight is 162 g/mol. The van der Waals surface area contributed by atoms with Crippen LogP contribution >= 0.6 is 0 Å². The number of hydrogen-bond donors (Lipinski definition) is 0. The SMILES string of the molecule is CC[O][Al-]([O]CC)[O]CC. The molecule has 4 heteroatoms. The van der Waals surface area contributed by atoms with E-state index in [2.05, 4.69) is 0 Å². The van der Waals surface area contributed by atoms with Crippen LogP contribution in [0.15, 0.2) is 0 Å². The largest absolute Gasteiger partial charge is 0.634 e. The molecule has 0 fully saturated rings. The highest BCUT2D eigenvalue weighted by atomic mass is 27.3. The molecule has 0 saturated heterocycles. The molecule has 0 aliphatic rings. The highest BCUT2D eigenvalue weighted by Gasteiger charge is 2.04. The first-order valence-corrected chi connectivity index (χ1v) is 5.11. The molecule has 0 spiro atoms. The molecule has 0 heterocycles. The fraction of sp³-hybridized carbons (Fsp3) is 1.00. The van der Waals surface area contributed by atoms with Crippen molar-refractivity contribution in [1.82, 2.24) is 0 Å². The zero-order valence-corrected chi connectivity index (χ0v) is 8.08. The van der Waals surface area contributed by atoms with Gasteiger partial charge in [0.1, 0.15) is 0 Å². The van der Waals surface area contributed by atoms with Gasteiger partial charge >= 0.3 is 15.1 Å². The molecule has 0 atom stereocenters. The molecule has 0 amide bonds. The number of rotatable bonds is 6. The van der Waals surface area contributed by atoms with Crippen molar-refractivity contribution in [2.45, 2.75) is 20.8 Å². The van der Waals surface area contributed by atoms with E-state index in [0.29, 0.717) is 19.8 Å². The Morgan fingerprint density at radius 3 is 1.30 bits per heavy atom. The standard InChI is InChI=1S/3C2H5O.Al/c3*1-2-3;/h3*2H2,1H3;/q3*-1;+2. The Morgan fingerprint density at radius 2 is 1.10 bits per heavy atom. The molecule has 0 aromatic heterocycles. The summed E-state index contributed by atoms with van der Waals surface area (Å²) < 4.78 is 15.7. The topological polar surface area (TPSA) is 27.7 Å². The van der Waals surface area contributed by atoms with Crippen molar-refractivity contribution in [2.24, 2.45) is 0 Å². The maximum Gasteiger partial charge on any atom is 0.559 e. The normalized spacial score (nSPS) is 10.8. The summed E-state index contributed by atoms with van der Waals surface area (Å²) in [5.74, 6) is 0. The Hall–Kier alpha value is 0.412. The first-order valence-electron chi connectivity index (χ1n) is 3.69. The zero-order chi connectivity index (χ0) is 7.82. The Bertz CT molecular complexity index is 55.7. The summed E-state index contributed by atoms with van der Waals surface area (Å²) in [7, 11) is 0. The van der Waals surface area contributed by atoms with Crippen LogP contribution in [0.5, 0.6) is 0 Å². The summed E-state index contributed by atoms with van der Waals surface area (Å²) in [6.07, 6.45) is 0. The molecule has 10 heavy (non-hydrogen) atoms. The van der Waals surface area contributed by atoms with E-state index in [0.717, 1.165) is 0 Å². The van der Waals surface area contributed by atoms with Crippen LogP contribution in [0.4, 0.5) is 0 Å². The summed E-state index contributed by atoms with van der Waals surface area (Å²) >= 11 is -1.73. The third-order valence-corrected chi connectivity index (χ3v) is 2.72. The molecule has 0 bridgehead atoms. The maximum absolute atomic E-state index is 5.22. The van der Waals surface area contributed by atoms with E-state index in [-0.39, 0.29) is 0 Å². The quantitative estimate of drug-likeness (QED) is 0.547. The van der Waals surface area contributed by atoms with Crippen LogP contribution in [0.25, 0.3) is 0 Å². The zero-order valence-electron chi connectivity index (χ0n) is 6.92. The summed E-state index contributed by atoms with van der Waals surface area (Å²) in [6, 6.07) is 0. The second kappa shape index (κ2) is 7.52. The van der Waals surface area contributed by atoms with Crippen LogP contribution in [0.2, 0.25) is 0 Å². The summed E-state index contributed by atoms with van der Waals surface area (Å²) in [4.78, 5) is 0.